The van der Waals surface area contributed by atoms with E-state index in [9.17, 15) is 23.8 Å². The van der Waals surface area contributed by atoms with Crippen LogP contribution in [0.1, 0.15) is 187 Å². The maximum absolute atomic E-state index is 12.6. The molecule has 0 aromatic heterocycles. The van der Waals surface area contributed by atoms with Crippen LogP contribution in [0, 0.1) is 0 Å². The summed E-state index contributed by atoms with van der Waals surface area (Å²) in [6.07, 6.45) is 36.7. The van der Waals surface area contributed by atoms with Crippen LogP contribution >= 0.6 is 7.82 Å². The Bertz CT molecular complexity index is 1010. The van der Waals surface area contributed by atoms with Crippen LogP contribution in [0.25, 0.3) is 0 Å². The number of carboxylic acid groups (broad SMARTS) is 1. The highest BCUT2D eigenvalue weighted by atomic mass is 31.2. The molecular formula is C41H76NO10P. The minimum absolute atomic E-state index is 0.163. The van der Waals surface area contributed by atoms with E-state index in [1.54, 1.807) is 0 Å². The van der Waals surface area contributed by atoms with Crippen LogP contribution in [0.5, 0.6) is 0 Å². The molecule has 0 saturated carbocycles. The summed E-state index contributed by atoms with van der Waals surface area (Å²) in [5, 5.41) is 8.87. The van der Waals surface area contributed by atoms with Crippen LogP contribution in [0.2, 0.25) is 0 Å². The highest BCUT2D eigenvalue weighted by molar-refractivity contribution is 7.47. The molecule has 0 aliphatic heterocycles. The second kappa shape index (κ2) is 36.9. The van der Waals surface area contributed by atoms with Crippen molar-refractivity contribution in [1.29, 1.82) is 0 Å². The molecule has 0 aromatic carbocycles. The number of hydrogen-bond donors (Lipinski definition) is 3. The van der Waals surface area contributed by atoms with Crippen molar-refractivity contribution in [3.05, 3.63) is 24.3 Å². The van der Waals surface area contributed by atoms with Crippen LogP contribution < -0.4 is 5.73 Å². The van der Waals surface area contributed by atoms with Crippen molar-refractivity contribution in [2.75, 3.05) is 19.8 Å². The van der Waals surface area contributed by atoms with Gasteiger partial charge < -0.3 is 25.2 Å². The number of phosphoric ester groups is 1. The number of phosphoric acid groups is 1. The zero-order valence-electron chi connectivity index (χ0n) is 33.4. The number of aliphatic carboxylic acids is 1. The van der Waals surface area contributed by atoms with Gasteiger partial charge in [0, 0.05) is 12.8 Å². The van der Waals surface area contributed by atoms with Crippen LogP contribution in [0.15, 0.2) is 24.3 Å². The zero-order chi connectivity index (χ0) is 39.3. The monoisotopic (exact) mass is 774 g/mol. The van der Waals surface area contributed by atoms with Gasteiger partial charge in [-0.2, -0.15) is 0 Å². The summed E-state index contributed by atoms with van der Waals surface area (Å²) in [6, 6.07) is -1.52. The highest BCUT2D eigenvalue weighted by Gasteiger charge is 2.28. The van der Waals surface area contributed by atoms with Crippen molar-refractivity contribution >= 4 is 25.7 Å². The van der Waals surface area contributed by atoms with E-state index < -0.39 is 51.1 Å². The maximum Gasteiger partial charge on any atom is 0.472 e. The first-order chi connectivity index (χ1) is 25.6. The summed E-state index contributed by atoms with van der Waals surface area (Å²) in [5.41, 5.74) is 5.32. The molecule has 0 aliphatic carbocycles. The Morgan fingerprint density at radius 3 is 1.51 bits per heavy atom. The molecule has 0 aromatic rings. The van der Waals surface area contributed by atoms with E-state index in [4.69, 9.17) is 24.8 Å². The standard InChI is InChI=1S/C41H76NO10P/c1-3-5-7-9-11-13-15-17-18-19-20-21-23-24-26-28-30-32-39(43)49-34-37(35-50-53(47,48)51-36-38(42)41(45)46)52-40(44)33-31-29-27-25-22-16-14-12-10-8-6-4-2/h11,13,17-18,37-38H,3-10,12,14-16,19-36,42H2,1-2H3,(H,45,46)(H,47,48)/b13-11-,18-17-/t37-,38+/m1/s1. The molecule has 310 valence electrons. The van der Waals surface area contributed by atoms with Gasteiger partial charge in [0.2, 0.25) is 0 Å². The van der Waals surface area contributed by atoms with Crippen LogP contribution in [-0.2, 0) is 37.5 Å². The second-order valence-electron chi connectivity index (χ2n) is 14.1. The van der Waals surface area contributed by atoms with Gasteiger partial charge in [-0.05, 0) is 44.9 Å². The van der Waals surface area contributed by atoms with Crippen molar-refractivity contribution in [2.45, 2.75) is 199 Å². The number of carbonyl (C=O) groups is 3. The molecule has 1 unspecified atom stereocenters. The van der Waals surface area contributed by atoms with Crippen molar-refractivity contribution in [2.24, 2.45) is 5.73 Å². The number of carbonyl (C=O) groups excluding carboxylic acids is 2. The molecule has 0 aliphatic rings. The molecule has 53 heavy (non-hydrogen) atoms. The molecule has 0 spiro atoms. The summed E-state index contributed by atoms with van der Waals surface area (Å²) in [4.78, 5) is 45.8. The van der Waals surface area contributed by atoms with Gasteiger partial charge in [0.05, 0.1) is 13.2 Å². The Hall–Kier alpha value is -2.04. The molecule has 3 atom stereocenters. The lowest BCUT2D eigenvalue weighted by atomic mass is 10.0. The van der Waals surface area contributed by atoms with E-state index in [0.29, 0.717) is 12.8 Å². The van der Waals surface area contributed by atoms with Gasteiger partial charge in [-0.25, -0.2) is 4.57 Å². The minimum Gasteiger partial charge on any atom is -0.480 e. The predicted molar refractivity (Wildman–Crippen MR) is 212 cm³/mol. The number of nitrogens with two attached hydrogens (primary N) is 1. The quantitative estimate of drug-likeness (QED) is 0.0235. The predicted octanol–water partition coefficient (Wildman–Crippen LogP) is 10.7. The van der Waals surface area contributed by atoms with E-state index in [1.165, 1.54) is 96.3 Å². The molecule has 0 amide bonds. The Morgan fingerprint density at radius 1 is 0.585 bits per heavy atom. The van der Waals surface area contributed by atoms with Gasteiger partial charge in [0.15, 0.2) is 6.10 Å². The number of ether oxygens (including phenoxy) is 2. The van der Waals surface area contributed by atoms with Gasteiger partial charge in [0.1, 0.15) is 12.6 Å². The van der Waals surface area contributed by atoms with Crippen molar-refractivity contribution in [3.8, 4) is 0 Å². The molecular weight excluding hydrogens is 697 g/mol. The summed E-state index contributed by atoms with van der Waals surface area (Å²) < 4.78 is 32.6. The fourth-order valence-corrected chi connectivity index (χ4v) is 6.40. The summed E-state index contributed by atoms with van der Waals surface area (Å²) in [5.74, 6) is -2.38. The third-order valence-electron chi connectivity index (χ3n) is 8.95. The van der Waals surface area contributed by atoms with Crippen LogP contribution in [-0.4, -0.2) is 59.9 Å². The number of rotatable bonds is 39. The Labute approximate surface area is 321 Å². The van der Waals surface area contributed by atoms with Gasteiger partial charge in [-0.15, -0.1) is 0 Å². The normalized spacial score (nSPS) is 14.0. The van der Waals surface area contributed by atoms with E-state index in [0.717, 1.165) is 51.4 Å². The fourth-order valence-electron chi connectivity index (χ4n) is 5.62. The second-order valence-corrected chi connectivity index (χ2v) is 15.6. The average Bonchev–Trinajstić information content (AvgIpc) is 3.13. The molecule has 12 heteroatoms. The lowest BCUT2D eigenvalue weighted by molar-refractivity contribution is -0.161. The fraction of sp³-hybridized carbons (Fsp3) is 0.829. The molecule has 11 nitrogen and oxygen atoms in total. The summed E-state index contributed by atoms with van der Waals surface area (Å²) in [6.45, 7) is 2.76. The van der Waals surface area contributed by atoms with Gasteiger partial charge in [-0.3, -0.25) is 23.4 Å². The van der Waals surface area contributed by atoms with E-state index in [2.05, 4.69) is 42.7 Å². The topological polar surface area (TPSA) is 172 Å². The smallest absolute Gasteiger partial charge is 0.472 e. The number of esters is 2. The summed E-state index contributed by atoms with van der Waals surface area (Å²) >= 11 is 0. The number of carboxylic acids is 1. The molecule has 0 bridgehead atoms. The Morgan fingerprint density at radius 2 is 1.00 bits per heavy atom. The number of unbranched alkanes of at least 4 members (excludes halogenated alkanes) is 21. The largest absolute Gasteiger partial charge is 0.480 e. The molecule has 0 saturated heterocycles. The molecule has 4 N–H and O–H groups in total. The van der Waals surface area contributed by atoms with E-state index in [1.807, 2.05) is 0 Å². The van der Waals surface area contributed by atoms with Crippen LogP contribution in [0.3, 0.4) is 0 Å². The van der Waals surface area contributed by atoms with E-state index >= 15 is 0 Å². The Balaban J connectivity index is 4.36. The lowest BCUT2D eigenvalue weighted by Gasteiger charge is -2.20. The van der Waals surface area contributed by atoms with Crippen molar-refractivity contribution < 1.29 is 47.5 Å². The van der Waals surface area contributed by atoms with Crippen molar-refractivity contribution in [1.82, 2.24) is 0 Å². The SMILES string of the molecule is CCCCC/C=C\C/C=C\CCCCCCCCCC(=O)OC[C@H](COP(=O)(O)OC[C@H](N)C(=O)O)OC(=O)CCCCCCCCCCCCCC. The first-order valence-electron chi connectivity index (χ1n) is 20.9. The van der Waals surface area contributed by atoms with Crippen LogP contribution in [0.4, 0.5) is 0 Å². The van der Waals surface area contributed by atoms with Gasteiger partial charge in [0.25, 0.3) is 0 Å². The lowest BCUT2D eigenvalue weighted by Crippen LogP contribution is -2.34. The summed E-state index contributed by atoms with van der Waals surface area (Å²) in [7, 11) is -4.71. The van der Waals surface area contributed by atoms with E-state index in [-0.39, 0.29) is 19.4 Å². The molecule has 0 rings (SSSR count). The van der Waals surface area contributed by atoms with Crippen molar-refractivity contribution in [3.63, 3.8) is 0 Å². The zero-order valence-corrected chi connectivity index (χ0v) is 34.3. The molecule has 0 radical (unpaired) electrons. The van der Waals surface area contributed by atoms with Gasteiger partial charge >= 0.3 is 25.7 Å². The Kier molecular flexibility index (Phi) is 35.5. The first-order valence-corrected chi connectivity index (χ1v) is 22.4. The highest BCUT2D eigenvalue weighted by Crippen LogP contribution is 2.43. The number of hydrogen-bond acceptors (Lipinski definition) is 9. The average molecular weight is 774 g/mol. The first kappa shape index (κ1) is 51.0. The molecule has 0 fully saturated rings. The molecule has 0 heterocycles. The van der Waals surface area contributed by atoms with Gasteiger partial charge in [-0.1, -0.05) is 154 Å². The number of allylic oxidation sites excluding steroid dienone is 4. The minimum atomic E-state index is -4.71. The third-order valence-corrected chi connectivity index (χ3v) is 9.90. The maximum atomic E-state index is 12.6. The third kappa shape index (κ3) is 36.7.